The van der Waals surface area contributed by atoms with Gasteiger partial charge in [0.15, 0.2) is 5.54 Å². The number of benzene rings is 1. The number of para-hydroxylation sites is 1. The monoisotopic (exact) mass is 452 g/mol. The van der Waals surface area contributed by atoms with Gasteiger partial charge in [-0.05, 0) is 49.4 Å². The summed E-state index contributed by atoms with van der Waals surface area (Å²) < 4.78 is 27.1. The Morgan fingerprint density at radius 2 is 1.94 bits per heavy atom. The molecule has 0 bridgehead atoms. The number of aromatic nitrogens is 2. The first-order valence-corrected chi connectivity index (χ1v) is 12.1. The maximum Gasteiger partial charge on any atom is 0.312 e. The molecule has 1 aliphatic rings. The summed E-state index contributed by atoms with van der Waals surface area (Å²) in [6, 6.07) is 13.1. The third-order valence-electron chi connectivity index (χ3n) is 6.39. The van der Waals surface area contributed by atoms with Gasteiger partial charge in [-0.25, -0.2) is 0 Å². The van der Waals surface area contributed by atoms with Gasteiger partial charge < -0.3 is 10.3 Å². The van der Waals surface area contributed by atoms with Gasteiger partial charge >= 0.3 is 10.5 Å². The predicted molar refractivity (Wildman–Crippen MR) is 123 cm³/mol. The summed E-state index contributed by atoms with van der Waals surface area (Å²) >= 11 is 0. The molecule has 1 aromatic carbocycles. The van der Waals surface area contributed by atoms with E-state index < -0.39 is 21.9 Å². The second-order valence-corrected chi connectivity index (χ2v) is 9.34. The van der Waals surface area contributed by atoms with Crippen LogP contribution in [0.1, 0.15) is 56.3 Å². The molecule has 2 atom stereocenters. The van der Waals surface area contributed by atoms with E-state index in [1.54, 1.807) is 13.1 Å². The third-order valence-corrected chi connectivity index (χ3v) is 6.94. The van der Waals surface area contributed by atoms with Crippen LogP contribution < -0.4 is 5.32 Å². The predicted octanol–water partition coefficient (Wildman–Crippen LogP) is 4.36. The van der Waals surface area contributed by atoms with Gasteiger partial charge in [-0.3, -0.25) is 9.78 Å². The molecule has 4 rings (SSSR count). The number of aromatic amines is 1. The van der Waals surface area contributed by atoms with Gasteiger partial charge in [-0.15, -0.1) is 0 Å². The van der Waals surface area contributed by atoms with Crippen molar-refractivity contribution < 1.29 is 13.2 Å². The second kappa shape index (κ2) is 9.65. The van der Waals surface area contributed by atoms with Gasteiger partial charge in [0.1, 0.15) is 0 Å². The van der Waals surface area contributed by atoms with Crippen molar-refractivity contribution in [1.29, 1.82) is 0 Å². The number of rotatable bonds is 7. The molecule has 0 saturated heterocycles. The lowest BCUT2D eigenvalue weighted by atomic mass is 9.82. The highest BCUT2D eigenvalue weighted by atomic mass is 32.2. The van der Waals surface area contributed by atoms with E-state index in [4.69, 9.17) is 0 Å². The number of hydrogen-bond acceptors (Lipinski definition) is 5. The molecular weight excluding hydrogens is 424 g/mol. The van der Waals surface area contributed by atoms with E-state index >= 15 is 0 Å². The first-order chi connectivity index (χ1) is 15.5. The fourth-order valence-corrected chi connectivity index (χ4v) is 5.20. The number of fused-ring (bicyclic) bond motifs is 1. The highest BCUT2D eigenvalue weighted by Crippen LogP contribution is 2.35. The highest BCUT2D eigenvalue weighted by Gasteiger charge is 2.38. The fourth-order valence-electron chi connectivity index (χ4n) is 4.72. The Morgan fingerprint density at radius 3 is 2.66 bits per heavy atom. The molecule has 1 saturated carbocycles. The standard InChI is InChI=1S/C24H28N4O3S/c1-24(28-32(30)31,15-18-16-26-20-12-6-5-11-19(18)20)23(29)27-22(17-9-3-2-4-10-17)21-13-7-8-14-25-21/h5-8,11-14,16-17,22,26H,2-4,9-10,15H2,1H3,(H,27,29). The lowest BCUT2D eigenvalue weighted by Gasteiger charge is -2.33. The number of pyridine rings is 1. The Labute approximate surface area is 189 Å². The van der Waals surface area contributed by atoms with Crippen molar-refractivity contribution in [3.8, 4) is 0 Å². The molecule has 0 radical (unpaired) electrons. The number of carbonyl (C=O) groups is 1. The first kappa shape index (κ1) is 22.2. The minimum Gasteiger partial charge on any atom is -0.361 e. The zero-order valence-electron chi connectivity index (χ0n) is 18.1. The largest absolute Gasteiger partial charge is 0.361 e. The fraction of sp³-hybridized carbons (Fsp3) is 0.417. The average Bonchev–Trinajstić information content (AvgIpc) is 3.20. The van der Waals surface area contributed by atoms with Crippen LogP contribution in [0.4, 0.5) is 0 Å². The Hall–Kier alpha value is -3.00. The number of nitrogens with zero attached hydrogens (tertiary/aromatic N) is 2. The summed E-state index contributed by atoms with van der Waals surface area (Å²) in [6.07, 6.45) is 9.14. The van der Waals surface area contributed by atoms with Gasteiger partial charge in [-0.2, -0.15) is 12.8 Å². The highest BCUT2D eigenvalue weighted by molar-refractivity contribution is 7.61. The Bertz CT molecular complexity index is 1210. The molecule has 2 N–H and O–H groups in total. The van der Waals surface area contributed by atoms with Crippen molar-refractivity contribution >= 4 is 27.3 Å². The number of carbonyl (C=O) groups excluding carboxylic acids is 1. The lowest BCUT2D eigenvalue weighted by molar-refractivity contribution is -0.127. The smallest absolute Gasteiger partial charge is 0.312 e. The van der Waals surface area contributed by atoms with Gasteiger partial charge in [0.05, 0.1) is 11.7 Å². The van der Waals surface area contributed by atoms with Crippen molar-refractivity contribution in [2.75, 3.05) is 0 Å². The topological polar surface area (TPSA) is 104 Å². The second-order valence-electron chi connectivity index (χ2n) is 8.72. The summed E-state index contributed by atoms with van der Waals surface area (Å²) in [6.45, 7) is 1.58. The summed E-state index contributed by atoms with van der Waals surface area (Å²) in [7, 11) is -2.73. The van der Waals surface area contributed by atoms with E-state index in [0.29, 0.717) is 0 Å². The molecular formula is C24H28N4O3S. The molecule has 32 heavy (non-hydrogen) atoms. The molecule has 2 aromatic heterocycles. The van der Waals surface area contributed by atoms with Gasteiger partial charge in [-0.1, -0.05) is 43.5 Å². The molecule has 0 aliphatic heterocycles. The number of H-pyrrole nitrogens is 1. The Kier molecular flexibility index (Phi) is 6.69. The summed E-state index contributed by atoms with van der Waals surface area (Å²) in [4.78, 5) is 21.3. The van der Waals surface area contributed by atoms with E-state index in [0.717, 1.165) is 47.8 Å². The van der Waals surface area contributed by atoms with Crippen molar-refractivity contribution in [2.45, 2.75) is 57.0 Å². The normalized spacial score (nSPS) is 17.4. The summed E-state index contributed by atoms with van der Waals surface area (Å²) in [5, 5.41) is 4.08. The van der Waals surface area contributed by atoms with E-state index in [9.17, 15) is 13.2 Å². The van der Waals surface area contributed by atoms with E-state index in [2.05, 4.69) is 19.6 Å². The molecule has 1 fully saturated rings. The zero-order valence-corrected chi connectivity index (χ0v) is 18.9. The SMILES string of the molecule is CC(Cc1c[nH]c2ccccc12)(N=S(=O)=O)C(=O)NC(c1ccccn1)C1CCCCC1. The van der Waals surface area contributed by atoms with Crippen LogP contribution in [0.5, 0.6) is 0 Å². The van der Waals surface area contributed by atoms with E-state index in [-0.39, 0.29) is 18.4 Å². The first-order valence-electron chi connectivity index (χ1n) is 11.1. The van der Waals surface area contributed by atoms with Gasteiger partial charge in [0.2, 0.25) is 5.91 Å². The quantitative estimate of drug-likeness (QED) is 0.555. The summed E-state index contributed by atoms with van der Waals surface area (Å²) in [5.41, 5.74) is 1.10. The molecule has 8 heteroatoms. The molecule has 0 spiro atoms. The van der Waals surface area contributed by atoms with Crippen LogP contribution in [0.2, 0.25) is 0 Å². The number of nitrogens with one attached hydrogen (secondary N) is 2. The minimum absolute atomic E-state index is 0.163. The Balaban J connectivity index is 1.66. The van der Waals surface area contributed by atoms with Crippen LogP contribution in [-0.2, 0) is 21.7 Å². The van der Waals surface area contributed by atoms with Crippen molar-refractivity contribution in [3.63, 3.8) is 0 Å². The average molecular weight is 453 g/mol. The van der Waals surface area contributed by atoms with Crippen molar-refractivity contribution in [3.05, 3.63) is 66.1 Å². The minimum atomic E-state index is -2.73. The van der Waals surface area contributed by atoms with Crippen LogP contribution in [0, 0.1) is 5.92 Å². The maximum absolute atomic E-state index is 13.6. The maximum atomic E-state index is 13.6. The van der Waals surface area contributed by atoms with Crippen LogP contribution in [0.15, 0.2) is 59.2 Å². The Morgan fingerprint density at radius 1 is 1.19 bits per heavy atom. The molecule has 2 unspecified atom stereocenters. The molecule has 7 nitrogen and oxygen atoms in total. The molecule has 1 amide bonds. The van der Waals surface area contributed by atoms with Crippen molar-refractivity contribution in [2.24, 2.45) is 10.3 Å². The van der Waals surface area contributed by atoms with Crippen LogP contribution in [0.25, 0.3) is 10.9 Å². The van der Waals surface area contributed by atoms with Gasteiger partial charge in [0, 0.05) is 29.7 Å². The van der Waals surface area contributed by atoms with E-state index in [1.807, 2.05) is 48.7 Å². The zero-order chi connectivity index (χ0) is 22.6. The molecule has 3 aromatic rings. The molecule has 2 heterocycles. The van der Waals surface area contributed by atoms with Crippen LogP contribution in [0.3, 0.4) is 0 Å². The molecule has 1 aliphatic carbocycles. The van der Waals surface area contributed by atoms with Crippen LogP contribution in [-0.4, -0.2) is 29.8 Å². The van der Waals surface area contributed by atoms with E-state index in [1.165, 1.54) is 6.42 Å². The summed E-state index contributed by atoms with van der Waals surface area (Å²) in [5.74, 6) is -0.147. The van der Waals surface area contributed by atoms with Crippen molar-refractivity contribution in [1.82, 2.24) is 15.3 Å². The third kappa shape index (κ3) is 4.91. The molecule has 168 valence electrons. The number of amides is 1. The number of hydrogen-bond donors (Lipinski definition) is 2. The van der Waals surface area contributed by atoms with Crippen LogP contribution >= 0.6 is 0 Å². The van der Waals surface area contributed by atoms with Gasteiger partial charge in [0.25, 0.3) is 0 Å². The lowest BCUT2D eigenvalue weighted by Crippen LogP contribution is -2.47.